The molecule has 1 saturated carbocycles. The van der Waals surface area contributed by atoms with Crippen molar-refractivity contribution in [3.05, 3.63) is 0 Å². The molecule has 2 aliphatic rings. The molecule has 2 rings (SSSR count). The predicted octanol–water partition coefficient (Wildman–Crippen LogP) is 1.10. The number of Topliss-reactive ketones (excluding diaryl/α,β-unsaturated/α-hetero) is 2. The highest BCUT2D eigenvalue weighted by Crippen LogP contribution is 2.29. The molecule has 1 unspecified atom stereocenters. The van der Waals surface area contributed by atoms with E-state index in [-0.39, 0.29) is 30.0 Å². The molecule has 72 valence electrons. The molecule has 0 radical (unpaired) electrons. The summed E-state index contributed by atoms with van der Waals surface area (Å²) in [5, 5.41) is 0. The molecule has 2 fully saturated rings. The Balaban J connectivity index is 1.97. The molecule has 3 nitrogen and oxygen atoms in total. The topological polar surface area (TPSA) is 43.4 Å². The Labute approximate surface area is 77.4 Å². The molecule has 13 heavy (non-hydrogen) atoms. The van der Waals surface area contributed by atoms with Crippen molar-refractivity contribution >= 4 is 11.6 Å². The van der Waals surface area contributed by atoms with Gasteiger partial charge < -0.3 is 4.74 Å². The van der Waals surface area contributed by atoms with E-state index in [4.69, 9.17) is 4.74 Å². The van der Waals surface area contributed by atoms with Crippen molar-refractivity contribution in [3.8, 4) is 0 Å². The first kappa shape index (κ1) is 8.88. The molecule has 1 atom stereocenters. The first-order valence-corrected chi connectivity index (χ1v) is 4.90. The van der Waals surface area contributed by atoms with Gasteiger partial charge in [-0.05, 0) is 18.8 Å². The van der Waals surface area contributed by atoms with Crippen LogP contribution in [-0.2, 0) is 14.3 Å². The maximum atomic E-state index is 11.2. The van der Waals surface area contributed by atoms with Crippen molar-refractivity contribution in [2.24, 2.45) is 5.92 Å². The van der Waals surface area contributed by atoms with Crippen LogP contribution in [-0.4, -0.2) is 24.3 Å². The number of rotatable bonds is 1. The zero-order valence-electron chi connectivity index (χ0n) is 7.62. The van der Waals surface area contributed by atoms with Crippen molar-refractivity contribution < 1.29 is 14.3 Å². The monoisotopic (exact) mass is 182 g/mol. The van der Waals surface area contributed by atoms with Crippen LogP contribution in [0, 0.1) is 5.92 Å². The van der Waals surface area contributed by atoms with Crippen LogP contribution in [0.15, 0.2) is 0 Å². The molecule has 0 bridgehead atoms. The van der Waals surface area contributed by atoms with Crippen molar-refractivity contribution in [3.63, 3.8) is 0 Å². The lowest BCUT2D eigenvalue weighted by molar-refractivity contribution is -0.133. The summed E-state index contributed by atoms with van der Waals surface area (Å²) in [7, 11) is 0. The second-order valence-electron chi connectivity index (χ2n) is 3.97. The number of ether oxygens (including phenoxy) is 1. The van der Waals surface area contributed by atoms with E-state index in [9.17, 15) is 9.59 Å². The zero-order valence-corrected chi connectivity index (χ0v) is 7.62. The van der Waals surface area contributed by atoms with Gasteiger partial charge in [0.25, 0.3) is 0 Å². The summed E-state index contributed by atoms with van der Waals surface area (Å²) in [6.07, 6.45) is 3.53. The van der Waals surface area contributed by atoms with E-state index in [0.29, 0.717) is 12.8 Å². The van der Waals surface area contributed by atoms with Gasteiger partial charge in [0.05, 0.1) is 12.5 Å². The Morgan fingerprint density at radius 3 is 2.38 bits per heavy atom. The number of carbonyl (C=O) groups excluding carboxylic acids is 2. The second-order valence-corrected chi connectivity index (χ2v) is 3.97. The molecule has 1 aliphatic heterocycles. The summed E-state index contributed by atoms with van der Waals surface area (Å²) in [5.41, 5.74) is 0. The maximum Gasteiger partial charge on any atom is 0.140 e. The molecule has 0 spiro atoms. The van der Waals surface area contributed by atoms with Gasteiger partial charge in [0.15, 0.2) is 0 Å². The molecule has 3 heteroatoms. The van der Waals surface area contributed by atoms with Gasteiger partial charge in [-0.3, -0.25) is 9.59 Å². The standard InChI is InChI=1S/C10H14O3/c11-8-4-7(5-9(12)6-8)10-2-1-3-13-10/h7,10H,1-6H2. The summed E-state index contributed by atoms with van der Waals surface area (Å²) in [4.78, 5) is 22.3. The quantitative estimate of drug-likeness (QED) is 0.570. The minimum atomic E-state index is 0.0942. The van der Waals surface area contributed by atoms with Crippen LogP contribution in [0.3, 0.4) is 0 Å². The highest BCUT2D eigenvalue weighted by atomic mass is 16.5. The summed E-state index contributed by atoms with van der Waals surface area (Å²) in [6.45, 7) is 0.795. The van der Waals surface area contributed by atoms with Gasteiger partial charge in [0, 0.05) is 19.4 Å². The summed E-state index contributed by atoms with van der Waals surface area (Å²) in [6, 6.07) is 0. The largest absolute Gasteiger partial charge is 0.378 e. The lowest BCUT2D eigenvalue weighted by Crippen LogP contribution is -2.30. The Hall–Kier alpha value is -0.700. The van der Waals surface area contributed by atoms with Gasteiger partial charge in [0.1, 0.15) is 11.6 Å². The third kappa shape index (κ3) is 1.97. The maximum absolute atomic E-state index is 11.2. The first-order valence-electron chi connectivity index (χ1n) is 4.90. The van der Waals surface area contributed by atoms with E-state index in [2.05, 4.69) is 0 Å². The molecular formula is C10H14O3. The van der Waals surface area contributed by atoms with Gasteiger partial charge in [-0.2, -0.15) is 0 Å². The van der Waals surface area contributed by atoms with Crippen LogP contribution in [0.2, 0.25) is 0 Å². The number of carbonyl (C=O) groups is 2. The van der Waals surface area contributed by atoms with Crippen LogP contribution in [0.5, 0.6) is 0 Å². The first-order chi connectivity index (χ1) is 6.25. The predicted molar refractivity (Wildman–Crippen MR) is 46.3 cm³/mol. The lowest BCUT2D eigenvalue weighted by Gasteiger charge is -2.24. The smallest absolute Gasteiger partial charge is 0.140 e. The van der Waals surface area contributed by atoms with E-state index in [1.54, 1.807) is 0 Å². The molecule has 0 aromatic carbocycles. The molecule has 0 N–H and O–H groups in total. The summed E-state index contributed by atoms with van der Waals surface area (Å²) < 4.78 is 5.48. The van der Waals surface area contributed by atoms with E-state index >= 15 is 0 Å². The second kappa shape index (κ2) is 3.58. The fourth-order valence-electron chi connectivity index (χ4n) is 2.26. The highest BCUT2D eigenvalue weighted by molar-refractivity contribution is 6.01. The average Bonchev–Trinajstić information content (AvgIpc) is 2.53. The Morgan fingerprint density at radius 2 is 1.85 bits per heavy atom. The average molecular weight is 182 g/mol. The Bertz CT molecular complexity index is 212. The Morgan fingerprint density at radius 1 is 1.15 bits per heavy atom. The van der Waals surface area contributed by atoms with Gasteiger partial charge in [-0.15, -0.1) is 0 Å². The van der Waals surface area contributed by atoms with Crippen LogP contribution in [0.1, 0.15) is 32.1 Å². The third-order valence-electron chi connectivity index (χ3n) is 2.86. The molecule has 0 aromatic heterocycles. The van der Waals surface area contributed by atoms with Crippen molar-refractivity contribution in [2.45, 2.75) is 38.2 Å². The zero-order chi connectivity index (χ0) is 9.26. The highest BCUT2D eigenvalue weighted by Gasteiger charge is 2.33. The number of ketones is 2. The van der Waals surface area contributed by atoms with Crippen molar-refractivity contribution in [1.82, 2.24) is 0 Å². The summed E-state index contributed by atoms with van der Waals surface area (Å²) in [5.74, 6) is 0.366. The van der Waals surface area contributed by atoms with Gasteiger partial charge in [0.2, 0.25) is 0 Å². The Kier molecular flexibility index (Phi) is 2.44. The SMILES string of the molecule is O=C1CC(=O)CC(C2CCCO2)C1. The molecule has 0 aromatic rings. The van der Waals surface area contributed by atoms with Crippen LogP contribution in [0.25, 0.3) is 0 Å². The molecule has 1 aliphatic carbocycles. The number of hydrogen-bond donors (Lipinski definition) is 0. The minimum Gasteiger partial charge on any atom is -0.378 e. The van der Waals surface area contributed by atoms with Crippen LogP contribution >= 0.6 is 0 Å². The van der Waals surface area contributed by atoms with Gasteiger partial charge in [-0.25, -0.2) is 0 Å². The van der Waals surface area contributed by atoms with Crippen molar-refractivity contribution in [2.75, 3.05) is 6.61 Å². The van der Waals surface area contributed by atoms with Gasteiger partial charge in [-0.1, -0.05) is 0 Å². The van der Waals surface area contributed by atoms with E-state index < -0.39 is 0 Å². The molecule has 1 heterocycles. The van der Waals surface area contributed by atoms with E-state index in [1.165, 1.54) is 0 Å². The normalized spacial score (nSPS) is 31.2. The van der Waals surface area contributed by atoms with Crippen LogP contribution < -0.4 is 0 Å². The molecule has 1 saturated heterocycles. The number of hydrogen-bond acceptors (Lipinski definition) is 3. The lowest BCUT2D eigenvalue weighted by atomic mass is 9.83. The fraction of sp³-hybridized carbons (Fsp3) is 0.800. The van der Waals surface area contributed by atoms with Crippen LogP contribution in [0.4, 0.5) is 0 Å². The van der Waals surface area contributed by atoms with Crippen molar-refractivity contribution in [1.29, 1.82) is 0 Å². The third-order valence-corrected chi connectivity index (χ3v) is 2.86. The summed E-state index contributed by atoms with van der Waals surface area (Å²) >= 11 is 0. The minimum absolute atomic E-state index is 0.0942. The van der Waals surface area contributed by atoms with E-state index in [0.717, 1.165) is 19.4 Å². The van der Waals surface area contributed by atoms with Gasteiger partial charge >= 0.3 is 0 Å². The molecular weight excluding hydrogens is 168 g/mol. The fourth-order valence-corrected chi connectivity index (χ4v) is 2.26. The van der Waals surface area contributed by atoms with E-state index in [1.807, 2.05) is 0 Å². The molecule has 0 amide bonds.